The number of aromatic nitrogens is 5. The SMILES string of the molecule is COc1nn(-c2ccccc2)cc1NC(=O)c1cccc(C(=O)c2cn[nH]c2)n1. The normalized spacial score (nSPS) is 10.5. The summed E-state index contributed by atoms with van der Waals surface area (Å²) in [6.45, 7) is 0. The van der Waals surface area contributed by atoms with Gasteiger partial charge in [0.1, 0.15) is 17.1 Å². The van der Waals surface area contributed by atoms with Crippen LogP contribution in [-0.4, -0.2) is 43.8 Å². The fraction of sp³-hybridized carbons (Fsp3) is 0.0500. The van der Waals surface area contributed by atoms with Crippen LogP contribution >= 0.6 is 0 Å². The molecule has 3 aromatic heterocycles. The van der Waals surface area contributed by atoms with Crippen LogP contribution < -0.4 is 10.1 Å². The third kappa shape index (κ3) is 3.74. The van der Waals surface area contributed by atoms with Crippen LogP contribution in [0.5, 0.6) is 5.88 Å². The predicted molar refractivity (Wildman–Crippen MR) is 104 cm³/mol. The van der Waals surface area contributed by atoms with Crippen LogP contribution in [0.4, 0.5) is 5.69 Å². The molecule has 0 aliphatic carbocycles. The largest absolute Gasteiger partial charge is 0.478 e. The van der Waals surface area contributed by atoms with Gasteiger partial charge >= 0.3 is 0 Å². The summed E-state index contributed by atoms with van der Waals surface area (Å²) in [6.07, 6.45) is 4.52. The number of ketones is 1. The second-order valence-corrected chi connectivity index (χ2v) is 6.01. The molecule has 0 saturated heterocycles. The van der Waals surface area contributed by atoms with E-state index in [1.165, 1.54) is 25.6 Å². The summed E-state index contributed by atoms with van der Waals surface area (Å²) in [5, 5.41) is 13.4. The van der Waals surface area contributed by atoms with Crippen LogP contribution in [0.15, 0.2) is 67.1 Å². The van der Waals surface area contributed by atoms with E-state index in [2.05, 4.69) is 25.6 Å². The number of benzene rings is 1. The molecule has 0 radical (unpaired) electrons. The number of pyridine rings is 1. The first kappa shape index (κ1) is 18.1. The molecule has 0 saturated carbocycles. The van der Waals surface area contributed by atoms with Gasteiger partial charge in [0.05, 0.1) is 30.8 Å². The van der Waals surface area contributed by atoms with Crippen molar-refractivity contribution in [3.8, 4) is 11.6 Å². The van der Waals surface area contributed by atoms with Gasteiger partial charge in [-0.1, -0.05) is 24.3 Å². The van der Waals surface area contributed by atoms with E-state index >= 15 is 0 Å². The first-order chi connectivity index (χ1) is 14.2. The number of methoxy groups -OCH3 is 1. The van der Waals surface area contributed by atoms with Gasteiger partial charge in [-0.15, -0.1) is 5.10 Å². The maximum atomic E-state index is 12.7. The van der Waals surface area contributed by atoms with Gasteiger partial charge in [0.25, 0.3) is 11.8 Å². The molecule has 3 heterocycles. The second-order valence-electron chi connectivity index (χ2n) is 6.01. The highest BCUT2D eigenvalue weighted by Gasteiger charge is 2.18. The third-order valence-electron chi connectivity index (χ3n) is 4.12. The molecule has 1 amide bonds. The van der Waals surface area contributed by atoms with E-state index in [1.54, 1.807) is 23.0 Å². The molecule has 0 fully saturated rings. The van der Waals surface area contributed by atoms with Crippen LogP contribution in [0, 0.1) is 0 Å². The van der Waals surface area contributed by atoms with Crippen LogP contribution in [-0.2, 0) is 0 Å². The zero-order valence-electron chi connectivity index (χ0n) is 15.4. The number of aromatic amines is 1. The number of carbonyl (C=O) groups is 2. The fourth-order valence-electron chi connectivity index (χ4n) is 2.70. The average molecular weight is 388 g/mol. The molecule has 0 unspecified atom stereocenters. The van der Waals surface area contributed by atoms with Gasteiger partial charge in [-0.05, 0) is 24.3 Å². The lowest BCUT2D eigenvalue weighted by Crippen LogP contribution is -2.16. The quantitative estimate of drug-likeness (QED) is 0.491. The Morgan fingerprint density at radius 2 is 1.86 bits per heavy atom. The first-order valence-corrected chi connectivity index (χ1v) is 8.66. The minimum Gasteiger partial charge on any atom is -0.478 e. The summed E-state index contributed by atoms with van der Waals surface area (Å²) in [4.78, 5) is 29.3. The number of anilines is 1. The van der Waals surface area contributed by atoms with Crippen molar-refractivity contribution in [3.63, 3.8) is 0 Å². The van der Waals surface area contributed by atoms with Crippen LogP contribution in [0.2, 0.25) is 0 Å². The number of hydrogen-bond donors (Lipinski definition) is 2. The molecule has 0 spiro atoms. The Kier molecular flexibility index (Phi) is 4.85. The zero-order valence-corrected chi connectivity index (χ0v) is 15.4. The molecule has 0 aliphatic heterocycles. The molecule has 0 atom stereocenters. The maximum Gasteiger partial charge on any atom is 0.274 e. The number of amides is 1. The van der Waals surface area contributed by atoms with E-state index in [1.807, 2.05) is 30.3 Å². The highest BCUT2D eigenvalue weighted by molar-refractivity contribution is 6.09. The van der Waals surface area contributed by atoms with Gasteiger partial charge in [-0.3, -0.25) is 14.7 Å². The van der Waals surface area contributed by atoms with E-state index in [4.69, 9.17) is 4.74 Å². The number of ether oxygens (including phenoxy) is 1. The summed E-state index contributed by atoms with van der Waals surface area (Å²) in [6, 6.07) is 14.1. The van der Waals surface area contributed by atoms with E-state index in [0.29, 0.717) is 11.3 Å². The van der Waals surface area contributed by atoms with Gasteiger partial charge in [-0.2, -0.15) is 5.10 Å². The molecule has 1 aromatic carbocycles. The van der Waals surface area contributed by atoms with E-state index in [0.717, 1.165) is 5.69 Å². The average Bonchev–Trinajstić information content (AvgIpc) is 3.44. The summed E-state index contributed by atoms with van der Waals surface area (Å²) >= 11 is 0. The van der Waals surface area contributed by atoms with Crippen molar-refractivity contribution in [2.75, 3.05) is 12.4 Å². The monoisotopic (exact) mass is 388 g/mol. The summed E-state index contributed by atoms with van der Waals surface area (Å²) in [5.74, 6) is -0.562. The number of hydrogen-bond acceptors (Lipinski definition) is 6. The minimum atomic E-state index is -0.488. The van der Waals surface area contributed by atoms with Crippen LogP contribution in [0.25, 0.3) is 5.69 Å². The Hall–Kier alpha value is -4.27. The molecular weight excluding hydrogens is 372 g/mol. The standard InChI is InChI=1S/C20H16N6O3/c1-29-20-17(12-26(25-20)14-6-3-2-4-7-14)24-19(28)16-9-5-8-15(23-16)18(27)13-10-21-22-11-13/h2-12H,1H3,(H,21,22)(H,24,28). The van der Waals surface area contributed by atoms with Gasteiger partial charge in [0.15, 0.2) is 0 Å². The van der Waals surface area contributed by atoms with Crippen molar-refractivity contribution in [2.45, 2.75) is 0 Å². The number of rotatable bonds is 6. The molecule has 9 nitrogen and oxygen atoms in total. The Balaban J connectivity index is 1.58. The topological polar surface area (TPSA) is 115 Å². The van der Waals surface area contributed by atoms with Crippen LogP contribution in [0.3, 0.4) is 0 Å². The number of para-hydroxylation sites is 1. The fourth-order valence-corrected chi connectivity index (χ4v) is 2.70. The Labute approximate surface area is 165 Å². The smallest absolute Gasteiger partial charge is 0.274 e. The summed E-state index contributed by atoms with van der Waals surface area (Å²) < 4.78 is 6.86. The molecule has 4 aromatic rings. The van der Waals surface area contributed by atoms with Gasteiger partial charge in [0, 0.05) is 6.20 Å². The molecule has 0 aliphatic rings. The lowest BCUT2D eigenvalue weighted by molar-refractivity contribution is 0.102. The number of nitrogens with zero attached hydrogens (tertiary/aromatic N) is 4. The highest BCUT2D eigenvalue weighted by atomic mass is 16.5. The summed E-state index contributed by atoms with van der Waals surface area (Å²) in [7, 11) is 1.47. The van der Waals surface area contributed by atoms with Crippen molar-refractivity contribution < 1.29 is 14.3 Å². The molecule has 29 heavy (non-hydrogen) atoms. The zero-order chi connectivity index (χ0) is 20.2. The molecule has 9 heteroatoms. The predicted octanol–water partition coefficient (Wildman–Crippen LogP) is 2.48. The Bertz CT molecular complexity index is 1150. The molecule has 2 N–H and O–H groups in total. The maximum absolute atomic E-state index is 12.7. The highest BCUT2D eigenvalue weighted by Crippen LogP contribution is 2.24. The Morgan fingerprint density at radius 1 is 1.07 bits per heavy atom. The number of nitrogens with one attached hydrogen (secondary N) is 2. The van der Waals surface area contributed by atoms with Crippen molar-refractivity contribution >= 4 is 17.4 Å². The van der Waals surface area contributed by atoms with Gasteiger partial charge in [-0.25, -0.2) is 9.67 Å². The molecule has 4 rings (SSSR count). The molecular formula is C20H16N6O3. The number of H-pyrrole nitrogens is 1. The first-order valence-electron chi connectivity index (χ1n) is 8.66. The van der Waals surface area contributed by atoms with Crippen LogP contribution in [0.1, 0.15) is 26.5 Å². The van der Waals surface area contributed by atoms with Crippen molar-refractivity contribution in [1.29, 1.82) is 0 Å². The summed E-state index contributed by atoms with van der Waals surface area (Å²) in [5.41, 5.74) is 1.80. The lowest BCUT2D eigenvalue weighted by Gasteiger charge is -2.05. The lowest BCUT2D eigenvalue weighted by atomic mass is 10.1. The second kappa shape index (κ2) is 7.77. The van der Waals surface area contributed by atoms with Crippen molar-refractivity contribution in [3.05, 3.63) is 84.1 Å². The Morgan fingerprint density at radius 3 is 2.59 bits per heavy atom. The van der Waals surface area contributed by atoms with Crippen molar-refractivity contribution in [1.82, 2.24) is 25.0 Å². The van der Waals surface area contributed by atoms with Crippen molar-refractivity contribution in [2.24, 2.45) is 0 Å². The van der Waals surface area contributed by atoms with Gasteiger partial charge in [0.2, 0.25) is 5.78 Å². The van der Waals surface area contributed by atoms with E-state index in [-0.39, 0.29) is 23.1 Å². The van der Waals surface area contributed by atoms with Gasteiger partial charge < -0.3 is 10.1 Å². The third-order valence-corrected chi connectivity index (χ3v) is 4.12. The van der Waals surface area contributed by atoms with E-state index in [9.17, 15) is 9.59 Å². The minimum absolute atomic E-state index is 0.0915. The molecule has 144 valence electrons. The molecule has 0 bridgehead atoms. The number of carbonyl (C=O) groups excluding carboxylic acids is 2. The van der Waals surface area contributed by atoms with E-state index < -0.39 is 5.91 Å².